The van der Waals surface area contributed by atoms with E-state index in [4.69, 9.17) is 0 Å². The third-order valence-electron chi connectivity index (χ3n) is 4.49. The molecule has 2 rings (SSSR count). The van der Waals surface area contributed by atoms with Crippen molar-refractivity contribution in [3.05, 3.63) is 34.4 Å². The molecule has 1 N–H and O–H groups in total. The third-order valence-corrected chi connectivity index (χ3v) is 4.49. The van der Waals surface area contributed by atoms with E-state index >= 15 is 0 Å². The van der Waals surface area contributed by atoms with Gasteiger partial charge in [0.15, 0.2) is 0 Å². The van der Waals surface area contributed by atoms with Gasteiger partial charge < -0.3 is 5.32 Å². The van der Waals surface area contributed by atoms with E-state index in [9.17, 15) is 4.79 Å². The molecule has 0 amide bonds. The highest BCUT2D eigenvalue weighted by Gasteiger charge is 2.37. The summed E-state index contributed by atoms with van der Waals surface area (Å²) in [5.74, 6) is 0.425. The summed E-state index contributed by atoms with van der Waals surface area (Å²) in [5, 5.41) is 3.35. The Balaban J connectivity index is 2.47. The van der Waals surface area contributed by atoms with Crippen molar-refractivity contribution in [3.8, 4) is 0 Å². The van der Waals surface area contributed by atoms with Gasteiger partial charge in [0.25, 0.3) is 0 Å². The van der Waals surface area contributed by atoms with Crippen molar-refractivity contribution in [2.24, 2.45) is 0 Å². The Bertz CT molecular complexity index is 457. The normalized spacial score (nSPS) is 18.6. The number of hydrogen-bond donors (Lipinski definition) is 1. The van der Waals surface area contributed by atoms with Crippen LogP contribution in [-0.2, 0) is 10.2 Å². The van der Waals surface area contributed by atoms with E-state index in [2.05, 4.69) is 38.2 Å². The average Bonchev–Trinajstić information content (AvgIpc) is 2.32. The molecule has 0 heterocycles. The lowest BCUT2D eigenvalue weighted by atomic mass is 9.66. The SMILES string of the molecule is CNCC1(c2c(C)cc(C)cc2C)CCC(=O)CC1. The Morgan fingerprint density at radius 3 is 2.11 bits per heavy atom. The van der Waals surface area contributed by atoms with Crippen LogP contribution in [0.3, 0.4) is 0 Å². The molecule has 1 saturated carbocycles. The first-order chi connectivity index (χ1) is 8.98. The Labute approximate surface area is 116 Å². The van der Waals surface area contributed by atoms with Crippen molar-refractivity contribution in [3.63, 3.8) is 0 Å². The van der Waals surface area contributed by atoms with Crippen molar-refractivity contribution in [1.29, 1.82) is 0 Å². The van der Waals surface area contributed by atoms with Gasteiger partial charge in [-0.15, -0.1) is 0 Å². The number of likely N-dealkylation sites (N-methyl/N-ethyl adjacent to an activating group) is 1. The number of rotatable bonds is 3. The second-order valence-electron chi connectivity index (χ2n) is 6.12. The molecule has 104 valence electrons. The summed E-state index contributed by atoms with van der Waals surface area (Å²) in [5.41, 5.74) is 5.69. The first kappa shape index (κ1) is 14.3. The Morgan fingerprint density at radius 1 is 1.11 bits per heavy atom. The van der Waals surface area contributed by atoms with Crippen LogP contribution in [0.4, 0.5) is 0 Å². The van der Waals surface area contributed by atoms with Crippen molar-refractivity contribution < 1.29 is 4.79 Å². The highest BCUT2D eigenvalue weighted by molar-refractivity contribution is 5.79. The number of hydrogen-bond acceptors (Lipinski definition) is 2. The molecule has 0 radical (unpaired) electrons. The maximum Gasteiger partial charge on any atom is 0.132 e. The monoisotopic (exact) mass is 259 g/mol. The first-order valence-corrected chi connectivity index (χ1v) is 7.23. The Morgan fingerprint density at radius 2 is 1.63 bits per heavy atom. The predicted octanol–water partition coefficient (Wildman–Crippen LogP) is 3.21. The van der Waals surface area contributed by atoms with Gasteiger partial charge in [-0.1, -0.05) is 17.7 Å². The maximum atomic E-state index is 11.6. The zero-order chi connectivity index (χ0) is 14.0. The van der Waals surface area contributed by atoms with Gasteiger partial charge in [-0.05, 0) is 57.4 Å². The molecule has 1 aliphatic carbocycles. The molecule has 1 aromatic rings. The molecule has 0 aromatic heterocycles. The van der Waals surface area contributed by atoms with E-state index in [1.165, 1.54) is 22.3 Å². The first-order valence-electron chi connectivity index (χ1n) is 7.23. The lowest BCUT2D eigenvalue weighted by molar-refractivity contribution is -0.121. The summed E-state index contributed by atoms with van der Waals surface area (Å²) in [4.78, 5) is 11.6. The molecule has 0 saturated heterocycles. The van der Waals surface area contributed by atoms with Crippen LogP contribution < -0.4 is 5.32 Å². The van der Waals surface area contributed by atoms with Gasteiger partial charge in [-0.2, -0.15) is 0 Å². The molecule has 0 aliphatic heterocycles. The number of carbonyl (C=O) groups is 1. The fourth-order valence-electron chi connectivity index (χ4n) is 3.88. The van der Waals surface area contributed by atoms with Crippen LogP contribution in [0.1, 0.15) is 47.9 Å². The zero-order valence-electron chi connectivity index (χ0n) is 12.6. The maximum absolute atomic E-state index is 11.6. The molecule has 0 unspecified atom stereocenters. The molecule has 19 heavy (non-hydrogen) atoms. The highest BCUT2D eigenvalue weighted by Crippen LogP contribution is 2.41. The second-order valence-corrected chi connectivity index (χ2v) is 6.12. The molecule has 0 spiro atoms. The zero-order valence-corrected chi connectivity index (χ0v) is 12.6. The van der Waals surface area contributed by atoms with Gasteiger partial charge in [0.1, 0.15) is 5.78 Å². The van der Waals surface area contributed by atoms with Crippen molar-refractivity contribution in [2.45, 2.75) is 51.9 Å². The standard InChI is InChI=1S/C17H25NO/c1-12-9-13(2)16(14(3)10-12)17(11-18-4)7-5-15(19)6-8-17/h9-10,18H,5-8,11H2,1-4H3. The van der Waals surface area contributed by atoms with Crippen LogP contribution in [0, 0.1) is 20.8 Å². The van der Waals surface area contributed by atoms with Gasteiger partial charge in [0, 0.05) is 24.8 Å². The highest BCUT2D eigenvalue weighted by atomic mass is 16.1. The topological polar surface area (TPSA) is 29.1 Å². The number of carbonyl (C=O) groups excluding carboxylic acids is 1. The smallest absolute Gasteiger partial charge is 0.132 e. The van der Waals surface area contributed by atoms with Crippen molar-refractivity contribution in [1.82, 2.24) is 5.32 Å². The quantitative estimate of drug-likeness (QED) is 0.903. The predicted molar refractivity (Wildman–Crippen MR) is 79.7 cm³/mol. The lowest BCUT2D eigenvalue weighted by Gasteiger charge is -2.39. The van der Waals surface area contributed by atoms with Crippen LogP contribution in [-0.4, -0.2) is 19.4 Å². The van der Waals surface area contributed by atoms with Gasteiger partial charge in [-0.25, -0.2) is 0 Å². The van der Waals surface area contributed by atoms with Crippen LogP contribution in [0.25, 0.3) is 0 Å². The molecular formula is C17H25NO. The van der Waals surface area contributed by atoms with Crippen molar-refractivity contribution in [2.75, 3.05) is 13.6 Å². The average molecular weight is 259 g/mol. The Hall–Kier alpha value is -1.15. The third kappa shape index (κ3) is 2.74. The fourth-order valence-corrected chi connectivity index (χ4v) is 3.88. The molecule has 0 bridgehead atoms. The van der Waals surface area contributed by atoms with Crippen LogP contribution in [0.15, 0.2) is 12.1 Å². The van der Waals surface area contributed by atoms with E-state index in [0.29, 0.717) is 5.78 Å². The molecule has 1 aliphatic rings. The summed E-state index contributed by atoms with van der Waals surface area (Å²) < 4.78 is 0. The van der Waals surface area contributed by atoms with Crippen LogP contribution >= 0.6 is 0 Å². The van der Waals surface area contributed by atoms with E-state index in [1.807, 2.05) is 7.05 Å². The summed E-state index contributed by atoms with van der Waals surface area (Å²) >= 11 is 0. The minimum absolute atomic E-state index is 0.143. The minimum atomic E-state index is 0.143. The number of aryl methyl sites for hydroxylation is 3. The van der Waals surface area contributed by atoms with Gasteiger partial charge in [-0.3, -0.25) is 4.79 Å². The van der Waals surface area contributed by atoms with E-state index in [0.717, 1.165) is 32.2 Å². The van der Waals surface area contributed by atoms with Crippen LogP contribution in [0.5, 0.6) is 0 Å². The molecule has 0 atom stereocenters. The summed E-state index contributed by atoms with van der Waals surface area (Å²) in [7, 11) is 2.01. The van der Waals surface area contributed by atoms with E-state index < -0.39 is 0 Å². The van der Waals surface area contributed by atoms with Gasteiger partial charge in [0.2, 0.25) is 0 Å². The van der Waals surface area contributed by atoms with E-state index in [-0.39, 0.29) is 5.41 Å². The molecule has 2 heteroatoms. The van der Waals surface area contributed by atoms with Gasteiger partial charge in [0.05, 0.1) is 0 Å². The largest absolute Gasteiger partial charge is 0.319 e. The molecule has 1 fully saturated rings. The van der Waals surface area contributed by atoms with E-state index in [1.54, 1.807) is 0 Å². The number of benzene rings is 1. The number of Topliss-reactive ketones (excluding diaryl/α,β-unsaturated/α-hetero) is 1. The number of nitrogens with one attached hydrogen (secondary N) is 1. The summed E-state index contributed by atoms with van der Waals surface area (Å²) in [6.07, 6.45) is 3.43. The molecule has 2 nitrogen and oxygen atoms in total. The minimum Gasteiger partial charge on any atom is -0.319 e. The van der Waals surface area contributed by atoms with Gasteiger partial charge >= 0.3 is 0 Å². The summed E-state index contributed by atoms with van der Waals surface area (Å²) in [6, 6.07) is 4.55. The molecule has 1 aromatic carbocycles. The molecular weight excluding hydrogens is 234 g/mol. The van der Waals surface area contributed by atoms with Crippen molar-refractivity contribution >= 4 is 5.78 Å². The fraction of sp³-hybridized carbons (Fsp3) is 0.588. The Kier molecular flexibility index (Phi) is 4.10. The van der Waals surface area contributed by atoms with Crippen LogP contribution in [0.2, 0.25) is 0 Å². The second kappa shape index (κ2) is 5.46. The summed E-state index contributed by atoms with van der Waals surface area (Å²) in [6.45, 7) is 7.54. The lowest BCUT2D eigenvalue weighted by Crippen LogP contribution is -2.41. The number of ketones is 1.